The summed E-state index contributed by atoms with van der Waals surface area (Å²) in [5.74, 6) is 0.860. The maximum absolute atomic E-state index is 8.78. The Morgan fingerprint density at radius 3 is 2.53 bits per heavy atom. The monoisotopic (exact) mass is 201 g/mol. The molecular weight excluding hydrogens is 186 g/mol. The van der Waals surface area contributed by atoms with Crippen LogP contribution in [0.5, 0.6) is 0 Å². The van der Waals surface area contributed by atoms with Gasteiger partial charge in [0.2, 0.25) is 5.82 Å². The summed E-state index contributed by atoms with van der Waals surface area (Å²) in [5.41, 5.74) is 2.34. The van der Waals surface area contributed by atoms with E-state index in [1.54, 1.807) is 0 Å². The van der Waals surface area contributed by atoms with Crippen LogP contribution >= 0.6 is 0 Å². The van der Waals surface area contributed by atoms with Crippen LogP contribution in [0.1, 0.15) is 56.6 Å². The van der Waals surface area contributed by atoms with Crippen molar-refractivity contribution >= 4 is 0 Å². The molecule has 0 radical (unpaired) electrons. The van der Waals surface area contributed by atoms with Crippen LogP contribution in [-0.2, 0) is 5.41 Å². The molecule has 1 aromatic rings. The Morgan fingerprint density at radius 1 is 1.40 bits per heavy atom. The van der Waals surface area contributed by atoms with Crippen LogP contribution in [0.25, 0.3) is 0 Å². The van der Waals surface area contributed by atoms with Gasteiger partial charge in [0.15, 0.2) is 0 Å². The van der Waals surface area contributed by atoms with Crippen molar-refractivity contribution < 1.29 is 0 Å². The summed E-state index contributed by atoms with van der Waals surface area (Å²) in [7, 11) is 0. The van der Waals surface area contributed by atoms with Gasteiger partial charge >= 0.3 is 0 Å². The van der Waals surface area contributed by atoms with Crippen LogP contribution in [0.2, 0.25) is 0 Å². The molecule has 1 aliphatic rings. The minimum atomic E-state index is 0.0614. The highest BCUT2D eigenvalue weighted by molar-refractivity contribution is 5.32. The van der Waals surface area contributed by atoms with Crippen LogP contribution < -0.4 is 0 Å². The first-order chi connectivity index (χ1) is 7.02. The number of rotatable bonds is 1. The Hall–Kier alpha value is -1.43. The van der Waals surface area contributed by atoms with E-state index in [-0.39, 0.29) is 5.41 Å². The number of nitrogens with zero attached hydrogens (tertiary/aromatic N) is 3. The van der Waals surface area contributed by atoms with Gasteiger partial charge in [0.05, 0.1) is 5.69 Å². The molecule has 78 valence electrons. The van der Waals surface area contributed by atoms with E-state index >= 15 is 0 Å². The highest BCUT2D eigenvalue weighted by atomic mass is 14.9. The van der Waals surface area contributed by atoms with Crippen LogP contribution in [0.4, 0.5) is 0 Å². The van der Waals surface area contributed by atoms with E-state index in [4.69, 9.17) is 5.26 Å². The second-order valence-corrected chi connectivity index (χ2v) is 5.13. The third-order valence-corrected chi connectivity index (χ3v) is 2.69. The van der Waals surface area contributed by atoms with Crippen LogP contribution in [0, 0.1) is 11.3 Å². The number of nitriles is 1. The lowest BCUT2D eigenvalue weighted by Gasteiger charge is -2.21. The molecular formula is C12H15N3. The molecule has 0 saturated heterocycles. The maximum atomic E-state index is 8.78. The Bertz CT molecular complexity index is 419. The highest BCUT2D eigenvalue weighted by Gasteiger charge is 2.31. The van der Waals surface area contributed by atoms with E-state index < -0.39 is 0 Å². The van der Waals surface area contributed by atoms with Gasteiger partial charge in [-0.05, 0) is 23.8 Å². The van der Waals surface area contributed by atoms with Crippen molar-refractivity contribution in [3.05, 3.63) is 23.3 Å². The Morgan fingerprint density at radius 2 is 2.07 bits per heavy atom. The molecule has 0 unspecified atom stereocenters. The summed E-state index contributed by atoms with van der Waals surface area (Å²) in [6.45, 7) is 6.47. The van der Waals surface area contributed by atoms with Gasteiger partial charge < -0.3 is 0 Å². The van der Waals surface area contributed by atoms with Crippen molar-refractivity contribution in [2.75, 3.05) is 0 Å². The summed E-state index contributed by atoms with van der Waals surface area (Å²) in [5, 5.41) is 8.78. The van der Waals surface area contributed by atoms with Crippen molar-refractivity contribution in [2.45, 2.75) is 44.9 Å². The molecule has 0 bridgehead atoms. The summed E-state index contributed by atoms with van der Waals surface area (Å²) >= 11 is 0. The fourth-order valence-corrected chi connectivity index (χ4v) is 1.69. The molecule has 0 aromatic carbocycles. The van der Waals surface area contributed by atoms with E-state index in [0.29, 0.717) is 11.7 Å². The lowest BCUT2D eigenvalue weighted by Crippen LogP contribution is -2.16. The molecule has 1 fully saturated rings. The van der Waals surface area contributed by atoms with Gasteiger partial charge in [0.1, 0.15) is 6.07 Å². The molecule has 0 atom stereocenters. The molecule has 0 spiro atoms. The van der Waals surface area contributed by atoms with Crippen molar-refractivity contribution in [3.63, 3.8) is 0 Å². The third-order valence-electron chi connectivity index (χ3n) is 2.69. The minimum Gasteiger partial charge on any atom is -0.227 e. The molecule has 0 amide bonds. The first-order valence-corrected chi connectivity index (χ1v) is 5.30. The van der Waals surface area contributed by atoms with Crippen molar-refractivity contribution in [2.24, 2.45) is 0 Å². The first-order valence-electron chi connectivity index (χ1n) is 5.30. The SMILES string of the molecule is CC(C)(C)c1cnc(C#N)nc1C1CC1. The fourth-order valence-electron chi connectivity index (χ4n) is 1.69. The summed E-state index contributed by atoms with van der Waals surface area (Å²) in [4.78, 5) is 8.41. The van der Waals surface area contributed by atoms with E-state index in [1.165, 1.54) is 18.4 Å². The Kier molecular flexibility index (Phi) is 2.22. The average Bonchev–Trinajstić information content (AvgIpc) is 2.98. The summed E-state index contributed by atoms with van der Waals surface area (Å²) in [6.07, 6.45) is 4.22. The van der Waals surface area contributed by atoms with Gasteiger partial charge in [0, 0.05) is 12.1 Å². The Labute approximate surface area is 90.2 Å². The highest BCUT2D eigenvalue weighted by Crippen LogP contribution is 2.43. The topological polar surface area (TPSA) is 49.6 Å². The van der Waals surface area contributed by atoms with Crippen LogP contribution in [-0.4, -0.2) is 9.97 Å². The molecule has 15 heavy (non-hydrogen) atoms. The molecule has 1 heterocycles. The van der Waals surface area contributed by atoms with Crippen molar-refractivity contribution in [1.82, 2.24) is 9.97 Å². The largest absolute Gasteiger partial charge is 0.232 e. The molecule has 1 aromatic heterocycles. The third kappa shape index (κ3) is 1.99. The molecule has 0 N–H and O–H groups in total. The summed E-state index contributed by atoms with van der Waals surface area (Å²) in [6, 6.07) is 2.01. The molecule has 1 aliphatic carbocycles. The second-order valence-electron chi connectivity index (χ2n) is 5.13. The van der Waals surface area contributed by atoms with Gasteiger partial charge in [-0.3, -0.25) is 0 Å². The Balaban J connectivity index is 2.50. The quantitative estimate of drug-likeness (QED) is 0.701. The average molecular weight is 201 g/mol. The van der Waals surface area contributed by atoms with E-state index in [0.717, 1.165) is 5.69 Å². The zero-order valence-corrected chi connectivity index (χ0v) is 9.41. The van der Waals surface area contributed by atoms with Crippen molar-refractivity contribution in [1.29, 1.82) is 5.26 Å². The lowest BCUT2D eigenvalue weighted by atomic mass is 9.86. The standard InChI is InChI=1S/C12H15N3/c1-12(2,3)9-7-14-10(6-13)15-11(9)8-4-5-8/h7-8H,4-5H2,1-3H3. The predicted molar refractivity (Wildman–Crippen MR) is 57.4 cm³/mol. The fraction of sp³-hybridized carbons (Fsp3) is 0.583. The lowest BCUT2D eigenvalue weighted by molar-refractivity contribution is 0.573. The smallest absolute Gasteiger partial charge is 0.227 e. The van der Waals surface area contributed by atoms with Gasteiger partial charge in [0.25, 0.3) is 0 Å². The van der Waals surface area contributed by atoms with Gasteiger partial charge in [-0.15, -0.1) is 0 Å². The van der Waals surface area contributed by atoms with E-state index in [9.17, 15) is 0 Å². The molecule has 3 heteroatoms. The summed E-state index contributed by atoms with van der Waals surface area (Å²) < 4.78 is 0. The number of aromatic nitrogens is 2. The van der Waals surface area contributed by atoms with Gasteiger partial charge in [-0.2, -0.15) is 5.26 Å². The molecule has 2 rings (SSSR count). The van der Waals surface area contributed by atoms with Gasteiger partial charge in [-0.1, -0.05) is 20.8 Å². The van der Waals surface area contributed by atoms with Gasteiger partial charge in [-0.25, -0.2) is 9.97 Å². The maximum Gasteiger partial charge on any atom is 0.232 e. The number of hydrogen-bond donors (Lipinski definition) is 0. The number of hydrogen-bond acceptors (Lipinski definition) is 3. The van der Waals surface area contributed by atoms with Crippen molar-refractivity contribution in [3.8, 4) is 6.07 Å². The molecule has 0 aliphatic heterocycles. The zero-order valence-electron chi connectivity index (χ0n) is 9.41. The predicted octanol–water partition coefficient (Wildman–Crippen LogP) is 2.52. The van der Waals surface area contributed by atoms with Crippen LogP contribution in [0.3, 0.4) is 0 Å². The normalized spacial score (nSPS) is 16.1. The zero-order chi connectivity index (χ0) is 11.1. The second kappa shape index (κ2) is 3.30. The van der Waals surface area contributed by atoms with E-state index in [1.807, 2.05) is 12.3 Å². The van der Waals surface area contributed by atoms with Crippen LogP contribution in [0.15, 0.2) is 6.20 Å². The molecule has 1 saturated carbocycles. The molecule has 3 nitrogen and oxygen atoms in total. The van der Waals surface area contributed by atoms with E-state index in [2.05, 4.69) is 30.7 Å². The minimum absolute atomic E-state index is 0.0614. The first kappa shape index (κ1) is 10.1.